The molecule has 0 spiro atoms. The quantitative estimate of drug-likeness (QED) is 0.735. The summed E-state index contributed by atoms with van der Waals surface area (Å²) in [4.78, 5) is 15.5. The lowest BCUT2D eigenvalue weighted by molar-refractivity contribution is -0.131. The van der Waals surface area contributed by atoms with Crippen LogP contribution in [0.25, 0.3) is 0 Å². The van der Waals surface area contributed by atoms with Gasteiger partial charge in [-0.2, -0.15) is 0 Å². The van der Waals surface area contributed by atoms with E-state index in [1.807, 2.05) is 11.9 Å². The van der Waals surface area contributed by atoms with Gasteiger partial charge >= 0.3 is 0 Å². The minimum Gasteiger partial charge on any atom is -0.492 e. The molecule has 0 saturated carbocycles. The van der Waals surface area contributed by atoms with E-state index in [-0.39, 0.29) is 30.6 Å². The molecule has 0 bridgehead atoms. The maximum Gasteiger partial charge on any atom is 0.236 e. The molecule has 0 aliphatic rings. The highest BCUT2D eigenvalue weighted by atomic mass is 19.1. The van der Waals surface area contributed by atoms with Crippen molar-refractivity contribution in [1.82, 2.24) is 9.80 Å². The summed E-state index contributed by atoms with van der Waals surface area (Å²) in [7, 11) is 3.46. The number of amides is 1. The first-order valence-electron chi connectivity index (χ1n) is 8.00. The van der Waals surface area contributed by atoms with Gasteiger partial charge in [0.1, 0.15) is 24.0 Å². The van der Waals surface area contributed by atoms with E-state index in [0.717, 1.165) is 0 Å². The summed E-state index contributed by atoms with van der Waals surface area (Å²) in [5.74, 6) is -0.151. The number of ether oxygens (including phenoxy) is 1. The van der Waals surface area contributed by atoms with Gasteiger partial charge < -0.3 is 9.64 Å². The lowest BCUT2D eigenvalue weighted by Crippen LogP contribution is -2.37. The summed E-state index contributed by atoms with van der Waals surface area (Å²) in [6.45, 7) is 1.35. The zero-order chi connectivity index (χ0) is 18.2. The van der Waals surface area contributed by atoms with Crippen molar-refractivity contribution in [2.45, 2.75) is 6.54 Å². The number of hydrogen-bond donors (Lipinski definition) is 0. The number of nitrogens with zero attached hydrogens (tertiary/aromatic N) is 2. The van der Waals surface area contributed by atoms with E-state index in [1.165, 1.54) is 23.1 Å². The largest absolute Gasteiger partial charge is 0.492 e. The van der Waals surface area contributed by atoms with Crippen molar-refractivity contribution in [2.24, 2.45) is 0 Å². The van der Waals surface area contributed by atoms with Gasteiger partial charge in [-0.3, -0.25) is 9.69 Å². The normalized spacial score (nSPS) is 10.8. The minimum absolute atomic E-state index is 0.104. The van der Waals surface area contributed by atoms with Crippen molar-refractivity contribution in [3.05, 3.63) is 65.7 Å². The van der Waals surface area contributed by atoms with Gasteiger partial charge in [-0.1, -0.05) is 18.2 Å². The van der Waals surface area contributed by atoms with Crippen LogP contribution in [0, 0.1) is 11.6 Å². The third-order valence-electron chi connectivity index (χ3n) is 3.75. The van der Waals surface area contributed by atoms with Crippen LogP contribution in [0.1, 0.15) is 5.56 Å². The lowest BCUT2D eigenvalue weighted by atomic mass is 10.2. The van der Waals surface area contributed by atoms with Crippen molar-refractivity contribution in [3.63, 3.8) is 0 Å². The zero-order valence-electron chi connectivity index (χ0n) is 14.4. The summed E-state index contributed by atoms with van der Waals surface area (Å²) in [6, 6.07) is 12.2. The molecule has 2 rings (SSSR count). The van der Waals surface area contributed by atoms with E-state index in [0.29, 0.717) is 24.5 Å². The summed E-state index contributed by atoms with van der Waals surface area (Å²) in [5.41, 5.74) is 0.487. The minimum atomic E-state index is -0.316. The first-order chi connectivity index (χ1) is 12.0. The fourth-order valence-electron chi connectivity index (χ4n) is 2.25. The van der Waals surface area contributed by atoms with Gasteiger partial charge in [0.05, 0.1) is 6.54 Å². The Morgan fingerprint density at radius 1 is 1.04 bits per heavy atom. The second-order valence-corrected chi connectivity index (χ2v) is 5.88. The Labute approximate surface area is 146 Å². The maximum atomic E-state index is 13.6. The van der Waals surface area contributed by atoms with Gasteiger partial charge in [0, 0.05) is 25.7 Å². The lowest BCUT2D eigenvalue weighted by Gasteiger charge is -2.22. The summed E-state index contributed by atoms with van der Waals surface area (Å²) >= 11 is 0. The van der Waals surface area contributed by atoms with Crippen LogP contribution in [-0.2, 0) is 11.3 Å². The highest BCUT2D eigenvalue weighted by Gasteiger charge is 2.13. The van der Waals surface area contributed by atoms with Gasteiger partial charge in [-0.25, -0.2) is 8.78 Å². The molecule has 6 heteroatoms. The Balaban J connectivity index is 1.73. The van der Waals surface area contributed by atoms with Crippen molar-refractivity contribution in [1.29, 1.82) is 0 Å². The van der Waals surface area contributed by atoms with Crippen molar-refractivity contribution >= 4 is 5.91 Å². The third-order valence-corrected chi connectivity index (χ3v) is 3.75. The molecule has 0 unspecified atom stereocenters. The fraction of sp³-hybridized carbons (Fsp3) is 0.316. The van der Waals surface area contributed by atoms with Crippen LogP contribution in [0.5, 0.6) is 5.75 Å². The predicted octanol–water partition coefficient (Wildman–Crippen LogP) is 2.93. The van der Waals surface area contributed by atoms with Crippen LogP contribution < -0.4 is 4.74 Å². The SMILES string of the molecule is CN(CCOc1ccc(F)cc1)CC(=O)N(C)Cc1ccccc1F. The molecule has 2 aromatic carbocycles. The van der Waals surface area contributed by atoms with Gasteiger partial charge in [-0.05, 0) is 37.4 Å². The molecule has 0 aromatic heterocycles. The number of hydrogen-bond acceptors (Lipinski definition) is 3. The highest BCUT2D eigenvalue weighted by Crippen LogP contribution is 2.11. The number of carbonyl (C=O) groups is 1. The summed E-state index contributed by atoms with van der Waals surface area (Å²) < 4.78 is 32.0. The van der Waals surface area contributed by atoms with Gasteiger partial charge in [0.25, 0.3) is 0 Å². The molecule has 0 N–H and O–H groups in total. The van der Waals surface area contributed by atoms with E-state index in [1.54, 1.807) is 37.4 Å². The molecule has 0 fully saturated rings. The number of rotatable bonds is 8. The van der Waals surface area contributed by atoms with Crippen LogP contribution in [0.2, 0.25) is 0 Å². The molecule has 134 valence electrons. The monoisotopic (exact) mass is 348 g/mol. The first kappa shape index (κ1) is 18.9. The molecule has 25 heavy (non-hydrogen) atoms. The van der Waals surface area contributed by atoms with E-state index in [9.17, 15) is 13.6 Å². The number of halogens is 2. The molecule has 0 atom stereocenters. The van der Waals surface area contributed by atoms with Crippen molar-refractivity contribution in [3.8, 4) is 5.75 Å². The number of carbonyl (C=O) groups excluding carboxylic acids is 1. The van der Waals surface area contributed by atoms with Crippen molar-refractivity contribution in [2.75, 3.05) is 33.8 Å². The van der Waals surface area contributed by atoms with E-state index in [4.69, 9.17) is 4.74 Å². The van der Waals surface area contributed by atoms with Crippen LogP contribution in [0.15, 0.2) is 48.5 Å². The number of likely N-dealkylation sites (N-methyl/N-ethyl adjacent to an activating group) is 2. The maximum absolute atomic E-state index is 13.6. The van der Waals surface area contributed by atoms with E-state index < -0.39 is 0 Å². The summed E-state index contributed by atoms with van der Waals surface area (Å²) in [6.07, 6.45) is 0. The Morgan fingerprint density at radius 3 is 2.40 bits per heavy atom. The highest BCUT2D eigenvalue weighted by molar-refractivity contribution is 5.77. The molecule has 4 nitrogen and oxygen atoms in total. The van der Waals surface area contributed by atoms with E-state index in [2.05, 4.69) is 0 Å². The van der Waals surface area contributed by atoms with Crippen LogP contribution in [0.3, 0.4) is 0 Å². The molecule has 0 saturated heterocycles. The second kappa shape index (κ2) is 9.13. The van der Waals surface area contributed by atoms with Gasteiger partial charge in [-0.15, -0.1) is 0 Å². The zero-order valence-corrected chi connectivity index (χ0v) is 14.4. The molecular formula is C19H22F2N2O2. The number of benzene rings is 2. The molecule has 0 radical (unpaired) electrons. The van der Waals surface area contributed by atoms with E-state index >= 15 is 0 Å². The molecule has 2 aromatic rings. The molecular weight excluding hydrogens is 326 g/mol. The fourth-order valence-corrected chi connectivity index (χ4v) is 2.25. The topological polar surface area (TPSA) is 32.8 Å². The smallest absolute Gasteiger partial charge is 0.236 e. The standard InChI is InChI=1S/C19H22F2N2O2/c1-22(11-12-25-17-9-7-16(20)8-10-17)14-19(24)23(2)13-15-5-3-4-6-18(15)21/h3-10H,11-14H2,1-2H3. The molecule has 1 amide bonds. The third kappa shape index (κ3) is 6.15. The average molecular weight is 348 g/mol. The predicted molar refractivity (Wildman–Crippen MR) is 92.3 cm³/mol. The second-order valence-electron chi connectivity index (χ2n) is 5.88. The molecule has 0 aliphatic heterocycles. The van der Waals surface area contributed by atoms with Crippen LogP contribution in [-0.4, -0.2) is 49.5 Å². The van der Waals surface area contributed by atoms with Crippen LogP contribution >= 0.6 is 0 Å². The van der Waals surface area contributed by atoms with Crippen molar-refractivity contribution < 1.29 is 18.3 Å². The Hall–Kier alpha value is -2.47. The Bertz CT molecular complexity index is 692. The average Bonchev–Trinajstić information content (AvgIpc) is 2.58. The first-order valence-corrected chi connectivity index (χ1v) is 8.00. The molecule has 0 aliphatic carbocycles. The van der Waals surface area contributed by atoms with Crippen LogP contribution in [0.4, 0.5) is 8.78 Å². The molecule has 0 heterocycles. The summed E-state index contributed by atoms with van der Waals surface area (Å²) in [5, 5.41) is 0. The van der Waals surface area contributed by atoms with Gasteiger partial charge in [0.2, 0.25) is 5.91 Å². The Kier molecular flexibility index (Phi) is 6.89. The Morgan fingerprint density at radius 2 is 1.72 bits per heavy atom. The van der Waals surface area contributed by atoms with Gasteiger partial charge in [0.15, 0.2) is 0 Å².